The monoisotopic (exact) mass is 400 g/mol. The van der Waals surface area contributed by atoms with Gasteiger partial charge in [-0.3, -0.25) is 4.79 Å². The van der Waals surface area contributed by atoms with E-state index in [-0.39, 0.29) is 23.7 Å². The maximum atomic E-state index is 12.3. The zero-order valence-electron chi connectivity index (χ0n) is 15.6. The number of aryl methyl sites for hydroxylation is 2. The Balaban J connectivity index is 1.66. The van der Waals surface area contributed by atoms with Crippen molar-refractivity contribution in [2.45, 2.75) is 31.8 Å². The van der Waals surface area contributed by atoms with Gasteiger partial charge in [-0.05, 0) is 37.6 Å². The minimum absolute atomic E-state index is 0.130. The summed E-state index contributed by atoms with van der Waals surface area (Å²) in [7, 11) is -3.57. The highest BCUT2D eigenvalue weighted by Crippen LogP contribution is 2.19. The van der Waals surface area contributed by atoms with E-state index in [4.69, 9.17) is 9.15 Å². The molecule has 0 fully saturated rings. The first-order valence-electron chi connectivity index (χ1n) is 8.73. The molecule has 6 nitrogen and oxygen atoms in total. The first-order chi connectivity index (χ1) is 13.2. The number of fused-ring (bicyclic) bond motifs is 1. The molecule has 0 aliphatic carbocycles. The second-order valence-corrected chi connectivity index (χ2v) is 8.74. The molecule has 146 valence electrons. The number of carbonyl (C=O) groups excluding carboxylic acids is 1. The molecular weight excluding hydrogens is 380 g/mol. The van der Waals surface area contributed by atoms with Gasteiger partial charge in [-0.2, -0.15) is 0 Å². The average Bonchev–Trinajstić information content (AvgIpc) is 2.64. The first kappa shape index (κ1) is 19.8. The van der Waals surface area contributed by atoms with Crippen molar-refractivity contribution in [3.05, 3.63) is 75.6 Å². The van der Waals surface area contributed by atoms with Gasteiger partial charge in [-0.15, -0.1) is 0 Å². The lowest BCUT2D eigenvalue weighted by Crippen LogP contribution is -2.14. The lowest BCUT2D eigenvalue weighted by atomic mass is 10.1. The Morgan fingerprint density at radius 3 is 2.39 bits per heavy atom. The van der Waals surface area contributed by atoms with Crippen LogP contribution < -0.4 is 5.63 Å². The van der Waals surface area contributed by atoms with E-state index in [2.05, 4.69) is 0 Å². The molecule has 0 aliphatic heterocycles. The van der Waals surface area contributed by atoms with Crippen LogP contribution in [-0.4, -0.2) is 20.1 Å². The number of benzene rings is 2. The highest BCUT2D eigenvalue weighted by Gasteiger charge is 2.17. The molecule has 1 aromatic heterocycles. The zero-order chi connectivity index (χ0) is 20.3. The molecule has 0 spiro atoms. The fraction of sp³-hybridized carbons (Fsp3) is 0.238. The third-order valence-corrected chi connectivity index (χ3v) is 6.06. The van der Waals surface area contributed by atoms with Crippen molar-refractivity contribution in [3.63, 3.8) is 0 Å². The second-order valence-electron chi connectivity index (χ2n) is 6.63. The molecule has 0 atom stereocenters. The maximum absolute atomic E-state index is 12.3. The SMILES string of the molecule is Cc1ccc(S(=O)(=O)CCC(=O)OCc2cc(=O)oc3cc(C)ccc23)cc1. The first-order valence-corrected chi connectivity index (χ1v) is 10.4. The van der Waals surface area contributed by atoms with Crippen LogP contribution in [0.2, 0.25) is 0 Å². The Morgan fingerprint density at radius 1 is 1.00 bits per heavy atom. The number of hydrogen-bond donors (Lipinski definition) is 0. The van der Waals surface area contributed by atoms with E-state index in [0.29, 0.717) is 16.5 Å². The van der Waals surface area contributed by atoms with Crippen molar-refractivity contribution in [3.8, 4) is 0 Å². The van der Waals surface area contributed by atoms with Gasteiger partial charge in [0.2, 0.25) is 0 Å². The quantitative estimate of drug-likeness (QED) is 0.466. The van der Waals surface area contributed by atoms with Gasteiger partial charge < -0.3 is 9.15 Å². The Kier molecular flexibility index (Phi) is 5.65. The highest BCUT2D eigenvalue weighted by molar-refractivity contribution is 7.91. The summed E-state index contributed by atoms with van der Waals surface area (Å²) in [4.78, 5) is 23.9. The molecule has 3 rings (SSSR count). The lowest BCUT2D eigenvalue weighted by molar-refractivity contribution is -0.144. The van der Waals surface area contributed by atoms with Gasteiger partial charge in [-0.1, -0.05) is 29.8 Å². The van der Waals surface area contributed by atoms with E-state index in [0.717, 1.165) is 11.1 Å². The smallest absolute Gasteiger partial charge is 0.336 e. The normalized spacial score (nSPS) is 11.5. The number of carbonyl (C=O) groups is 1. The molecular formula is C21H20O6S. The fourth-order valence-electron chi connectivity index (χ4n) is 2.77. The topological polar surface area (TPSA) is 90.6 Å². The maximum Gasteiger partial charge on any atom is 0.336 e. The summed E-state index contributed by atoms with van der Waals surface area (Å²) in [6.07, 6.45) is -0.269. The van der Waals surface area contributed by atoms with Gasteiger partial charge in [0.15, 0.2) is 9.84 Å². The van der Waals surface area contributed by atoms with Crippen LogP contribution >= 0.6 is 0 Å². The molecule has 0 N–H and O–H groups in total. The van der Waals surface area contributed by atoms with E-state index >= 15 is 0 Å². The third-order valence-electron chi connectivity index (χ3n) is 4.33. The van der Waals surface area contributed by atoms with E-state index in [1.165, 1.54) is 18.2 Å². The van der Waals surface area contributed by atoms with E-state index in [1.54, 1.807) is 24.3 Å². The molecule has 2 aromatic carbocycles. The molecule has 1 heterocycles. The van der Waals surface area contributed by atoms with Gasteiger partial charge in [0.1, 0.15) is 12.2 Å². The third kappa shape index (κ3) is 4.67. The summed E-state index contributed by atoms with van der Waals surface area (Å²) in [5, 5.41) is 0.672. The van der Waals surface area contributed by atoms with E-state index in [9.17, 15) is 18.0 Å². The molecule has 0 unspecified atom stereocenters. The van der Waals surface area contributed by atoms with E-state index in [1.807, 2.05) is 19.9 Å². The number of ether oxygens (including phenoxy) is 1. The highest BCUT2D eigenvalue weighted by atomic mass is 32.2. The van der Waals surface area contributed by atoms with Gasteiger partial charge in [0, 0.05) is 17.0 Å². The van der Waals surface area contributed by atoms with Crippen LogP contribution in [0.1, 0.15) is 23.1 Å². The second kappa shape index (κ2) is 7.98. The summed E-state index contributed by atoms with van der Waals surface area (Å²) in [6, 6.07) is 13.1. The van der Waals surface area contributed by atoms with E-state index < -0.39 is 21.4 Å². The number of hydrogen-bond acceptors (Lipinski definition) is 6. The van der Waals surface area contributed by atoms with Crippen molar-refractivity contribution >= 4 is 26.8 Å². The molecule has 0 saturated heterocycles. The molecule has 0 amide bonds. The number of sulfone groups is 1. The van der Waals surface area contributed by atoms with Crippen LogP contribution in [-0.2, 0) is 26.0 Å². The standard InChI is InChI=1S/C21H20O6S/c1-14-3-6-17(7-4-14)28(24,25)10-9-20(22)26-13-16-12-21(23)27-19-11-15(2)5-8-18(16)19/h3-8,11-12H,9-10,13H2,1-2H3. The minimum Gasteiger partial charge on any atom is -0.461 e. The molecule has 0 saturated carbocycles. The van der Waals surface area contributed by atoms with Crippen LogP contribution in [0.15, 0.2) is 62.6 Å². The Morgan fingerprint density at radius 2 is 1.68 bits per heavy atom. The zero-order valence-corrected chi connectivity index (χ0v) is 16.4. The lowest BCUT2D eigenvalue weighted by Gasteiger charge is -2.08. The van der Waals surface area contributed by atoms with Crippen LogP contribution in [0.4, 0.5) is 0 Å². The van der Waals surface area contributed by atoms with Crippen molar-refractivity contribution in [2.24, 2.45) is 0 Å². The average molecular weight is 400 g/mol. The Bertz CT molecular complexity index is 1170. The van der Waals surface area contributed by atoms with Gasteiger partial charge >= 0.3 is 11.6 Å². The van der Waals surface area contributed by atoms with Crippen molar-refractivity contribution in [1.82, 2.24) is 0 Å². The number of rotatable bonds is 6. The van der Waals surface area contributed by atoms with Gasteiger partial charge in [-0.25, -0.2) is 13.2 Å². The van der Waals surface area contributed by atoms with Crippen LogP contribution in [0.25, 0.3) is 11.0 Å². The van der Waals surface area contributed by atoms with Crippen LogP contribution in [0.5, 0.6) is 0 Å². The summed E-state index contributed by atoms with van der Waals surface area (Å²) in [6.45, 7) is 3.61. The molecule has 3 aromatic rings. The van der Waals surface area contributed by atoms with Crippen molar-refractivity contribution in [2.75, 3.05) is 5.75 Å². The van der Waals surface area contributed by atoms with Crippen molar-refractivity contribution in [1.29, 1.82) is 0 Å². The fourth-order valence-corrected chi connectivity index (χ4v) is 3.99. The predicted molar refractivity (Wildman–Crippen MR) is 105 cm³/mol. The van der Waals surface area contributed by atoms with Crippen LogP contribution in [0, 0.1) is 13.8 Å². The summed E-state index contributed by atoms with van der Waals surface area (Å²) in [5.41, 5.74) is 2.28. The molecule has 28 heavy (non-hydrogen) atoms. The Hall–Kier alpha value is -2.93. The summed E-state index contributed by atoms with van der Waals surface area (Å²) in [5.74, 6) is -0.990. The van der Waals surface area contributed by atoms with Crippen molar-refractivity contribution < 1.29 is 22.4 Å². The van der Waals surface area contributed by atoms with Gasteiger partial charge in [0.05, 0.1) is 17.1 Å². The van der Waals surface area contributed by atoms with Gasteiger partial charge in [0.25, 0.3) is 0 Å². The predicted octanol–water partition coefficient (Wildman–Crippen LogP) is 3.32. The Labute approximate surface area is 162 Å². The number of esters is 1. The summed E-state index contributed by atoms with van der Waals surface area (Å²) < 4.78 is 35.0. The summed E-state index contributed by atoms with van der Waals surface area (Å²) >= 11 is 0. The minimum atomic E-state index is -3.57. The largest absolute Gasteiger partial charge is 0.461 e. The van der Waals surface area contributed by atoms with Crippen LogP contribution in [0.3, 0.4) is 0 Å². The molecule has 0 bridgehead atoms. The molecule has 7 heteroatoms. The molecule has 0 radical (unpaired) electrons. The molecule has 0 aliphatic rings.